The SMILES string of the molecule is COc1cc(C(C)C)cc(C(=O)CCN)c1Cl. The molecule has 3 nitrogen and oxygen atoms in total. The molecule has 0 aliphatic heterocycles. The average molecular weight is 256 g/mol. The van der Waals surface area contributed by atoms with E-state index >= 15 is 0 Å². The second-order valence-corrected chi connectivity index (χ2v) is 4.58. The largest absolute Gasteiger partial charge is 0.495 e. The van der Waals surface area contributed by atoms with Crippen molar-refractivity contribution < 1.29 is 9.53 Å². The van der Waals surface area contributed by atoms with E-state index in [0.717, 1.165) is 5.56 Å². The molecule has 0 radical (unpaired) electrons. The molecule has 0 atom stereocenters. The van der Waals surface area contributed by atoms with E-state index in [0.29, 0.717) is 35.2 Å². The van der Waals surface area contributed by atoms with E-state index in [1.807, 2.05) is 12.1 Å². The molecule has 0 heterocycles. The van der Waals surface area contributed by atoms with Crippen LogP contribution >= 0.6 is 11.6 Å². The number of carbonyl (C=O) groups is 1. The summed E-state index contributed by atoms with van der Waals surface area (Å²) in [5, 5.41) is 0.371. The molecule has 0 aliphatic rings. The van der Waals surface area contributed by atoms with Gasteiger partial charge in [0, 0.05) is 12.0 Å². The second-order valence-electron chi connectivity index (χ2n) is 4.20. The third-order valence-electron chi connectivity index (χ3n) is 2.62. The molecule has 0 aromatic heterocycles. The first kappa shape index (κ1) is 14.0. The van der Waals surface area contributed by atoms with Crippen LogP contribution in [0.2, 0.25) is 5.02 Å². The fraction of sp³-hybridized carbons (Fsp3) is 0.462. The van der Waals surface area contributed by atoms with Crippen molar-refractivity contribution in [3.63, 3.8) is 0 Å². The summed E-state index contributed by atoms with van der Waals surface area (Å²) in [6.45, 7) is 4.43. The van der Waals surface area contributed by atoms with E-state index in [2.05, 4.69) is 13.8 Å². The molecule has 0 bridgehead atoms. The van der Waals surface area contributed by atoms with Gasteiger partial charge in [-0.15, -0.1) is 0 Å². The zero-order valence-electron chi connectivity index (χ0n) is 10.4. The van der Waals surface area contributed by atoms with Crippen LogP contribution in [0.5, 0.6) is 5.75 Å². The summed E-state index contributed by atoms with van der Waals surface area (Å²) in [6.07, 6.45) is 0.296. The third-order valence-corrected chi connectivity index (χ3v) is 3.01. The monoisotopic (exact) mass is 255 g/mol. The lowest BCUT2D eigenvalue weighted by molar-refractivity contribution is 0.0985. The molecular formula is C13H18ClNO2. The van der Waals surface area contributed by atoms with Gasteiger partial charge in [-0.2, -0.15) is 0 Å². The third kappa shape index (κ3) is 3.20. The first-order chi connectivity index (χ1) is 8.01. The number of carbonyl (C=O) groups excluding carboxylic acids is 1. The Kier molecular flexibility index (Phi) is 4.97. The Morgan fingerprint density at radius 1 is 1.47 bits per heavy atom. The number of hydrogen-bond acceptors (Lipinski definition) is 3. The number of methoxy groups -OCH3 is 1. The van der Waals surface area contributed by atoms with Gasteiger partial charge in [-0.05, 0) is 30.2 Å². The smallest absolute Gasteiger partial charge is 0.165 e. The second kappa shape index (κ2) is 6.03. The van der Waals surface area contributed by atoms with Gasteiger partial charge in [-0.1, -0.05) is 25.4 Å². The highest BCUT2D eigenvalue weighted by Crippen LogP contribution is 2.33. The molecule has 4 heteroatoms. The van der Waals surface area contributed by atoms with Crippen LogP contribution in [0.1, 0.15) is 42.1 Å². The summed E-state index contributed by atoms with van der Waals surface area (Å²) in [4.78, 5) is 11.9. The van der Waals surface area contributed by atoms with Gasteiger partial charge in [0.15, 0.2) is 5.78 Å². The average Bonchev–Trinajstić information content (AvgIpc) is 2.29. The zero-order valence-corrected chi connectivity index (χ0v) is 11.2. The summed E-state index contributed by atoms with van der Waals surface area (Å²) < 4.78 is 5.19. The number of ether oxygens (including phenoxy) is 1. The molecule has 2 N–H and O–H groups in total. The Hall–Kier alpha value is -1.06. The number of nitrogens with two attached hydrogens (primary N) is 1. The Bertz CT molecular complexity index is 416. The van der Waals surface area contributed by atoms with E-state index in [1.54, 1.807) is 7.11 Å². The van der Waals surface area contributed by atoms with E-state index < -0.39 is 0 Å². The van der Waals surface area contributed by atoms with Crippen molar-refractivity contribution in [1.82, 2.24) is 0 Å². The highest BCUT2D eigenvalue weighted by Gasteiger charge is 2.16. The minimum atomic E-state index is -0.0432. The van der Waals surface area contributed by atoms with Gasteiger partial charge in [0.25, 0.3) is 0 Å². The molecule has 0 fully saturated rings. The number of ketones is 1. The molecule has 0 spiro atoms. The molecule has 0 saturated heterocycles. The highest BCUT2D eigenvalue weighted by molar-refractivity contribution is 6.35. The summed E-state index contributed by atoms with van der Waals surface area (Å²) in [7, 11) is 1.54. The molecule has 94 valence electrons. The molecule has 0 saturated carbocycles. The van der Waals surface area contributed by atoms with E-state index in [1.165, 1.54) is 0 Å². The fourth-order valence-electron chi connectivity index (χ4n) is 1.57. The maximum atomic E-state index is 11.9. The molecule has 1 aromatic rings. The minimum Gasteiger partial charge on any atom is -0.495 e. The van der Waals surface area contributed by atoms with Crippen molar-refractivity contribution >= 4 is 17.4 Å². The number of halogens is 1. The highest BCUT2D eigenvalue weighted by atomic mass is 35.5. The normalized spacial score (nSPS) is 10.7. The topological polar surface area (TPSA) is 52.3 Å². The predicted molar refractivity (Wildman–Crippen MR) is 70.1 cm³/mol. The van der Waals surface area contributed by atoms with Crippen LogP contribution in [-0.4, -0.2) is 19.4 Å². The minimum absolute atomic E-state index is 0.0432. The lowest BCUT2D eigenvalue weighted by Crippen LogP contribution is -2.09. The standard InChI is InChI=1S/C13H18ClNO2/c1-8(2)9-6-10(11(16)4-5-15)13(14)12(7-9)17-3/h6-8H,4-5,15H2,1-3H3. The van der Waals surface area contributed by atoms with Crippen molar-refractivity contribution in [2.24, 2.45) is 5.73 Å². The Labute approximate surface area is 107 Å². The van der Waals surface area contributed by atoms with Crippen LogP contribution in [0.4, 0.5) is 0 Å². The Balaban J connectivity index is 3.27. The van der Waals surface area contributed by atoms with Gasteiger partial charge in [-0.25, -0.2) is 0 Å². The number of rotatable bonds is 5. The van der Waals surface area contributed by atoms with Crippen molar-refractivity contribution in [3.8, 4) is 5.75 Å². The fourth-order valence-corrected chi connectivity index (χ4v) is 1.86. The van der Waals surface area contributed by atoms with Crippen molar-refractivity contribution in [1.29, 1.82) is 0 Å². The number of hydrogen-bond donors (Lipinski definition) is 1. The van der Waals surface area contributed by atoms with Crippen LogP contribution in [0.25, 0.3) is 0 Å². The number of Topliss-reactive ketones (excluding diaryl/α,β-unsaturated/α-hetero) is 1. The molecule has 0 aliphatic carbocycles. The van der Waals surface area contributed by atoms with Crippen LogP contribution in [0, 0.1) is 0 Å². The van der Waals surface area contributed by atoms with Crippen molar-refractivity contribution in [2.45, 2.75) is 26.2 Å². The zero-order chi connectivity index (χ0) is 13.0. The van der Waals surface area contributed by atoms with Crippen molar-refractivity contribution in [2.75, 3.05) is 13.7 Å². The summed E-state index contributed by atoms with van der Waals surface area (Å²) in [6, 6.07) is 3.69. The van der Waals surface area contributed by atoms with Crippen LogP contribution in [0.15, 0.2) is 12.1 Å². The van der Waals surface area contributed by atoms with E-state index in [9.17, 15) is 4.79 Å². The number of benzene rings is 1. The predicted octanol–water partition coefficient (Wildman–Crippen LogP) is 3.00. The van der Waals surface area contributed by atoms with Gasteiger partial charge in [-0.3, -0.25) is 4.79 Å². The van der Waals surface area contributed by atoms with Gasteiger partial charge in [0.05, 0.1) is 12.1 Å². The van der Waals surface area contributed by atoms with E-state index in [4.69, 9.17) is 22.1 Å². The van der Waals surface area contributed by atoms with Crippen LogP contribution in [0.3, 0.4) is 0 Å². The van der Waals surface area contributed by atoms with Gasteiger partial charge in [0.2, 0.25) is 0 Å². The quantitative estimate of drug-likeness (QED) is 0.823. The van der Waals surface area contributed by atoms with Gasteiger partial charge in [0.1, 0.15) is 5.75 Å². The summed E-state index contributed by atoms with van der Waals surface area (Å²) >= 11 is 6.13. The molecular weight excluding hydrogens is 238 g/mol. The molecule has 1 rings (SSSR count). The van der Waals surface area contributed by atoms with Crippen LogP contribution in [-0.2, 0) is 0 Å². The lowest BCUT2D eigenvalue weighted by atomic mass is 9.97. The molecule has 17 heavy (non-hydrogen) atoms. The summed E-state index contributed by atoms with van der Waals surface area (Å²) in [5.74, 6) is 0.808. The van der Waals surface area contributed by atoms with Gasteiger partial charge < -0.3 is 10.5 Å². The molecule has 1 aromatic carbocycles. The lowest BCUT2D eigenvalue weighted by Gasteiger charge is -2.13. The van der Waals surface area contributed by atoms with Crippen molar-refractivity contribution in [3.05, 3.63) is 28.3 Å². The Morgan fingerprint density at radius 3 is 2.59 bits per heavy atom. The first-order valence-corrected chi connectivity index (χ1v) is 5.99. The Morgan fingerprint density at radius 2 is 2.12 bits per heavy atom. The molecule has 0 unspecified atom stereocenters. The summed E-state index contributed by atoms with van der Waals surface area (Å²) in [5.41, 5.74) is 6.92. The van der Waals surface area contributed by atoms with Gasteiger partial charge >= 0.3 is 0 Å². The van der Waals surface area contributed by atoms with Crippen LogP contribution < -0.4 is 10.5 Å². The molecule has 0 amide bonds. The van der Waals surface area contributed by atoms with E-state index in [-0.39, 0.29) is 5.78 Å². The maximum absolute atomic E-state index is 11.9. The maximum Gasteiger partial charge on any atom is 0.165 e. The first-order valence-electron chi connectivity index (χ1n) is 5.62.